The summed E-state index contributed by atoms with van der Waals surface area (Å²) in [7, 11) is 0. The molecule has 2 aromatic carbocycles. The Morgan fingerprint density at radius 2 is 1.78 bits per heavy atom. The molecule has 1 fully saturated rings. The molecule has 0 saturated carbocycles. The Morgan fingerprint density at radius 1 is 1.03 bits per heavy atom. The molecule has 1 aliphatic rings. The zero-order valence-electron chi connectivity index (χ0n) is 20.4. The van der Waals surface area contributed by atoms with E-state index < -0.39 is 0 Å². The molecular weight excluding hydrogens is 492 g/mol. The number of thiophene rings is 1. The van der Waals surface area contributed by atoms with Gasteiger partial charge in [0, 0.05) is 43.1 Å². The number of anilines is 2. The summed E-state index contributed by atoms with van der Waals surface area (Å²) in [6, 6.07) is 18.7. The predicted octanol–water partition coefficient (Wildman–Crippen LogP) is 4.87. The van der Waals surface area contributed by atoms with Crippen LogP contribution in [0.25, 0.3) is 0 Å². The Balaban J connectivity index is 1.26. The number of ether oxygens (including phenoxy) is 1. The maximum Gasteiger partial charge on any atom is 0.264 e. The van der Waals surface area contributed by atoms with Crippen molar-refractivity contribution in [3.63, 3.8) is 0 Å². The average molecular weight is 523 g/mol. The molecule has 4 rings (SSSR count). The monoisotopic (exact) mass is 522 g/mol. The molecule has 0 atom stereocenters. The van der Waals surface area contributed by atoms with Crippen LogP contribution in [0.1, 0.15) is 33.9 Å². The fourth-order valence-corrected chi connectivity index (χ4v) is 4.71. The highest BCUT2D eigenvalue weighted by Gasteiger charge is 2.22. The number of carbonyl (C=O) groups is 2. The fourth-order valence-electron chi connectivity index (χ4n) is 3.81. The topological polar surface area (TPSA) is 73.9 Å². The number of hydrogen-bond donors (Lipinski definition) is 2. The third-order valence-electron chi connectivity index (χ3n) is 5.70. The van der Waals surface area contributed by atoms with Gasteiger partial charge in [-0.25, -0.2) is 0 Å². The number of amides is 2. The Morgan fingerprint density at radius 3 is 2.44 bits per heavy atom. The SMILES string of the molecule is CC(C)COc1cccc(C(=O)NC(=S)Nc2ccc(N3CCN(C(=O)c4cccs4)CC3)cc2)c1. The molecule has 0 bridgehead atoms. The lowest BCUT2D eigenvalue weighted by atomic mass is 10.2. The number of benzene rings is 2. The van der Waals surface area contributed by atoms with E-state index in [0.29, 0.717) is 36.9 Å². The highest BCUT2D eigenvalue weighted by molar-refractivity contribution is 7.80. The van der Waals surface area contributed by atoms with E-state index in [4.69, 9.17) is 17.0 Å². The maximum atomic E-state index is 12.6. The summed E-state index contributed by atoms with van der Waals surface area (Å²) in [5.74, 6) is 0.863. The molecule has 2 N–H and O–H groups in total. The van der Waals surface area contributed by atoms with Crippen molar-refractivity contribution in [3.05, 3.63) is 76.5 Å². The summed E-state index contributed by atoms with van der Waals surface area (Å²) in [4.78, 5) is 30.1. The van der Waals surface area contributed by atoms with Crippen molar-refractivity contribution in [2.45, 2.75) is 13.8 Å². The second kappa shape index (κ2) is 12.0. The Labute approximate surface area is 221 Å². The van der Waals surface area contributed by atoms with Gasteiger partial charge in [0.25, 0.3) is 11.8 Å². The van der Waals surface area contributed by atoms with Crippen LogP contribution in [0.3, 0.4) is 0 Å². The van der Waals surface area contributed by atoms with Crippen molar-refractivity contribution in [1.82, 2.24) is 10.2 Å². The van der Waals surface area contributed by atoms with E-state index in [1.807, 2.05) is 52.7 Å². The second-order valence-corrected chi connectivity index (χ2v) is 10.3. The summed E-state index contributed by atoms with van der Waals surface area (Å²) in [6.07, 6.45) is 0. The maximum absolute atomic E-state index is 12.6. The van der Waals surface area contributed by atoms with Crippen LogP contribution < -0.4 is 20.3 Å². The van der Waals surface area contributed by atoms with Crippen LogP contribution in [-0.4, -0.2) is 54.6 Å². The van der Waals surface area contributed by atoms with Crippen LogP contribution >= 0.6 is 23.6 Å². The molecule has 0 radical (unpaired) electrons. The number of piperazine rings is 1. The molecule has 1 aromatic heterocycles. The van der Waals surface area contributed by atoms with Crippen LogP contribution in [0, 0.1) is 5.92 Å². The number of carbonyl (C=O) groups excluding carboxylic acids is 2. The molecule has 188 valence electrons. The van der Waals surface area contributed by atoms with Gasteiger partial charge in [0.1, 0.15) is 5.75 Å². The van der Waals surface area contributed by atoms with Crippen LogP contribution in [0.2, 0.25) is 0 Å². The third-order valence-corrected chi connectivity index (χ3v) is 6.76. The van der Waals surface area contributed by atoms with Gasteiger partial charge in [-0.1, -0.05) is 26.0 Å². The number of rotatable bonds is 7. The molecular formula is C27H30N4O3S2. The zero-order valence-corrected chi connectivity index (χ0v) is 22.0. The molecule has 3 aromatic rings. The van der Waals surface area contributed by atoms with Gasteiger partial charge in [-0.05, 0) is 72.0 Å². The van der Waals surface area contributed by atoms with Gasteiger partial charge in [0.05, 0.1) is 11.5 Å². The Bertz CT molecular complexity index is 1190. The smallest absolute Gasteiger partial charge is 0.264 e. The van der Waals surface area contributed by atoms with Crippen molar-refractivity contribution in [2.24, 2.45) is 5.92 Å². The molecule has 0 aliphatic carbocycles. The van der Waals surface area contributed by atoms with Crippen molar-refractivity contribution < 1.29 is 14.3 Å². The predicted molar refractivity (Wildman–Crippen MR) is 149 cm³/mol. The van der Waals surface area contributed by atoms with E-state index in [0.717, 1.165) is 29.3 Å². The summed E-state index contributed by atoms with van der Waals surface area (Å²) >= 11 is 6.82. The number of hydrogen-bond acceptors (Lipinski definition) is 6. The van der Waals surface area contributed by atoms with Gasteiger partial charge in [-0.3, -0.25) is 14.9 Å². The largest absolute Gasteiger partial charge is 0.493 e. The summed E-state index contributed by atoms with van der Waals surface area (Å²) in [5.41, 5.74) is 2.34. The first kappa shape index (κ1) is 25.7. The summed E-state index contributed by atoms with van der Waals surface area (Å²) < 4.78 is 5.70. The Hall–Kier alpha value is -3.43. The van der Waals surface area contributed by atoms with E-state index in [1.54, 1.807) is 18.2 Å². The molecule has 9 heteroatoms. The minimum atomic E-state index is -0.297. The quantitative estimate of drug-likeness (QED) is 0.431. The highest BCUT2D eigenvalue weighted by Crippen LogP contribution is 2.21. The second-order valence-electron chi connectivity index (χ2n) is 8.94. The first-order valence-corrected chi connectivity index (χ1v) is 13.2. The first-order chi connectivity index (χ1) is 17.4. The minimum absolute atomic E-state index is 0.106. The number of thiocarbonyl (C=S) groups is 1. The van der Waals surface area contributed by atoms with Crippen LogP contribution in [0.4, 0.5) is 11.4 Å². The molecule has 2 amide bonds. The molecule has 2 heterocycles. The van der Waals surface area contributed by atoms with Crippen molar-refractivity contribution in [1.29, 1.82) is 0 Å². The lowest BCUT2D eigenvalue weighted by Crippen LogP contribution is -2.48. The fraction of sp³-hybridized carbons (Fsp3) is 0.296. The average Bonchev–Trinajstić information content (AvgIpc) is 3.43. The van der Waals surface area contributed by atoms with E-state index in [1.165, 1.54) is 11.3 Å². The number of nitrogens with one attached hydrogen (secondary N) is 2. The molecule has 7 nitrogen and oxygen atoms in total. The molecule has 1 aliphatic heterocycles. The van der Waals surface area contributed by atoms with E-state index in [2.05, 4.69) is 29.4 Å². The number of nitrogens with zero attached hydrogens (tertiary/aromatic N) is 2. The first-order valence-electron chi connectivity index (χ1n) is 11.9. The molecule has 1 saturated heterocycles. The van der Waals surface area contributed by atoms with Crippen molar-refractivity contribution >= 4 is 51.9 Å². The zero-order chi connectivity index (χ0) is 25.5. The molecule has 0 unspecified atom stereocenters. The van der Waals surface area contributed by atoms with Crippen LogP contribution in [0.5, 0.6) is 5.75 Å². The highest BCUT2D eigenvalue weighted by atomic mass is 32.1. The van der Waals surface area contributed by atoms with Gasteiger partial charge in [0.2, 0.25) is 0 Å². The van der Waals surface area contributed by atoms with Crippen LogP contribution in [0.15, 0.2) is 66.0 Å². The molecule has 36 heavy (non-hydrogen) atoms. The van der Waals surface area contributed by atoms with Gasteiger partial charge in [0.15, 0.2) is 5.11 Å². The lowest BCUT2D eigenvalue weighted by molar-refractivity contribution is 0.0751. The van der Waals surface area contributed by atoms with Gasteiger partial charge >= 0.3 is 0 Å². The Kier molecular flexibility index (Phi) is 8.56. The van der Waals surface area contributed by atoms with Gasteiger partial charge in [-0.2, -0.15) is 0 Å². The standard InChI is InChI=1S/C27H30N4O3S2/c1-19(2)18-34-23-6-3-5-20(17-23)25(32)29-27(35)28-21-8-10-22(11-9-21)30-12-14-31(15-13-30)26(33)24-7-4-16-36-24/h3-11,16-17,19H,12-15,18H2,1-2H3,(H2,28,29,32,35). The lowest BCUT2D eigenvalue weighted by Gasteiger charge is -2.36. The minimum Gasteiger partial charge on any atom is -0.493 e. The van der Waals surface area contributed by atoms with E-state index in [-0.39, 0.29) is 16.9 Å². The van der Waals surface area contributed by atoms with E-state index >= 15 is 0 Å². The third kappa shape index (κ3) is 6.83. The van der Waals surface area contributed by atoms with Gasteiger partial charge in [-0.15, -0.1) is 11.3 Å². The summed E-state index contributed by atoms with van der Waals surface area (Å²) in [6.45, 7) is 7.67. The van der Waals surface area contributed by atoms with Crippen molar-refractivity contribution in [3.8, 4) is 5.75 Å². The molecule has 0 spiro atoms. The normalized spacial score (nSPS) is 13.4. The van der Waals surface area contributed by atoms with E-state index in [9.17, 15) is 9.59 Å². The van der Waals surface area contributed by atoms with Crippen molar-refractivity contribution in [2.75, 3.05) is 43.0 Å². The summed E-state index contributed by atoms with van der Waals surface area (Å²) in [5, 5.41) is 7.94. The van der Waals surface area contributed by atoms with Crippen LogP contribution in [-0.2, 0) is 0 Å². The van der Waals surface area contributed by atoms with Gasteiger partial charge < -0.3 is 19.9 Å².